The highest BCUT2D eigenvalue weighted by Crippen LogP contribution is 2.31. The third kappa shape index (κ3) is 4.88. The lowest BCUT2D eigenvalue weighted by atomic mass is 9.95. The molecule has 2 aromatic rings. The van der Waals surface area contributed by atoms with E-state index < -0.39 is 12.0 Å². The number of benzene rings is 1. The van der Waals surface area contributed by atoms with Gasteiger partial charge < -0.3 is 20.3 Å². The fourth-order valence-corrected chi connectivity index (χ4v) is 3.87. The van der Waals surface area contributed by atoms with Crippen molar-refractivity contribution in [2.75, 3.05) is 12.4 Å². The van der Waals surface area contributed by atoms with Gasteiger partial charge in [0.25, 0.3) is 0 Å². The second-order valence-corrected chi connectivity index (χ2v) is 8.35. The standard InChI is InChI=1S/C22H25N3O4S/c1-13(2)29-21(27)19-14(3)25(4)22(28)24-20(19)15-7-9-16(10-8-15)23-18(26)12-17-6-5-11-30-17/h5-11,13,20H,12H2,1-4H3,(H,23,26)(H,24,28). The van der Waals surface area contributed by atoms with Gasteiger partial charge in [0.2, 0.25) is 5.91 Å². The van der Waals surface area contributed by atoms with Crippen LogP contribution in [-0.4, -0.2) is 36.0 Å². The summed E-state index contributed by atoms with van der Waals surface area (Å²) in [7, 11) is 1.61. The van der Waals surface area contributed by atoms with E-state index in [2.05, 4.69) is 10.6 Å². The zero-order valence-electron chi connectivity index (χ0n) is 17.4. The molecule has 8 heteroatoms. The van der Waals surface area contributed by atoms with Crippen molar-refractivity contribution < 1.29 is 19.1 Å². The number of carbonyl (C=O) groups excluding carboxylic acids is 3. The highest BCUT2D eigenvalue weighted by atomic mass is 32.1. The fraction of sp³-hybridized carbons (Fsp3) is 0.318. The molecule has 1 aliphatic rings. The maximum Gasteiger partial charge on any atom is 0.338 e. The topological polar surface area (TPSA) is 87.7 Å². The first kappa shape index (κ1) is 21.6. The summed E-state index contributed by atoms with van der Waals surface area (Å²) in [5.74, 6) is -0.567. The number of amides is 3. The number of esters is 1. The van der Waals surface area contributed by atoms with Crippen molar-refractivity contribution in [1.29, 1.82) is 0 Å². The van der Waals surface area contributed by atoms with Crippen molar-refractivity contribution in [3.63, 3.8) is 0 Å². The summed E-state index contributed by atoms with van der Waals surface area (Å²) in [5.41, 5.74) is 2.30. The Bertz CT molecular complexity index is 965. The van der Waals surface area contributed by atoms with Crippen LogP contribution in [0.25, 0.3) is 0 Å². The van der Waals surface area contributed by atoms with Gasteiger partial charge in [0.05, 0.1) is 24.1 Å². The zero-order chi connectivity index (χ0) is 21.8. The largest absolute Gasteiger partial charge is 0.459 e. The van der Waals surface area contributed by atoms with E-state index in [1.807, 2.05) is 17.5 Å². The number of hydrogen-bond acceptors (Lipinski definition) is 5. The van der Waals surface area contributed by atoms with Crippen molar-refractivity contribution in [3.05, 3.63) is 63.5 Å². The van der Waals surface area contributed by atoms with Gasteiger partial charge in [-0.05, 0) is 49.9 Å². The van der Waals surface area contributed by atoms with Crippen LogP contribution in [0.2, 0.25) is 0 Å². The smallest absolute Gasteiger partial charge is 0.338 e. The van der Waals surface area contributed by atoms with Crippen LogP contribution in [0.5, 0.6) is 0 Å². The van der Waals surface area contributed by atoms with Gasteiger partial charge in [-0.2, -0.15) is 0 Å². The van der Waals surface area contributed by atoms with Crippen molar-refractivity contribution in [1.82, 2.24) is 10.2 Å². The van der Waals surface area contributed by atoms with E-state index in [0.29, 0.717) is 23.4 Å². The molecule has 2 N–H and O–H groups in total. The van der Waals surface area contributed by atoms with Gasteiger partial charge in [-0.3, -0.25) is 4.79 Å². The van der Waals surface area contributed by atoms with Crippen molar-refractivity contribution >= 4 is 34.9 Å². The summed E-state index contributed by atoms with van der Waals surface area (Å²) < 4.78 is 5.39. The second kappa shape index (κ2) is 9.13. The average molecular weight is 428 g/mol. The van der Waals surface area contributed by atoms with Crippen LogP contribution in [0, 0.1) is 0 Å². The fourth-order valence-electron chi connectivity index (χ4n) is 3.16. The molecule has 0 aliphatic carbocycles. The van der Waals surface area contributed by atoms with Crippen molar-refractivity contribution in [3.8, 4) is 0 Å². The van der Waals surface area contributed by atoms with Gasteiger partial charge in [0.15, 0.2) is 0 Å². The first-order chi connectivity index (χ1) is 14.3. The number of carbonyl (C=O) groups is 3. The molecule has 0 bridgehead atoms. The summed E-state index contributed by atoms with van der Waals surface area (Å²) in [4.78, 5) is 39.6. The number of nitrogens with zero attached hydrogens (tertiary/aromatic N) is 1. The van der Waals surface area contributed by atoms with E-state index in [0.717, 1.165) is 10.4 Å². The SMILES string of the molecule is CC1=C(C(=O)OC(C)C)C(c2ccc(NC(=O)Cc3cccs3)cc2)NC(=O)N1C. The normalized spacial score (nSPS) is 16.5. The third-order valence-corrected chi connectivity index (χ3v) is 5.64. The molecule has 0 spiro atoms. The Balaban J connectivity index is 1.79. The molecule has 1 aromatic carbocycles. The van der Waals surface area contributed by atoms with Gasteiger partial charge in [0.1, 0.15) is 0 Å². The third-order valence-electron chi connectivity index (χ3n) is 4.76. The average Bonchev–Trinajstić information content (AvgIpc) is 3.18. The molecule has 158 valence electrons. The van der Waals surface area contributed by atoms with Crippen LogP contribution in [0.15, 0.2) is 53.0 Å². The number of anilines is 1. The van der Waals surface area contributed by atoms with E-state index in [1.54, 1.807) is 52.1 Å². The van der Waals surface area contributed by atoms with Gasteiger partial charge in [-0.1, -0.05) is 18.2 Å². The molecular formula is C22H25N3O4S. The van der Waals surface area contributed by atoms with Crippen LogP contribution < -0.4 is 10.6 Å². The number of nitrogens with one attached hydrogen (secondary N) is 2. The summed E-state index contributed by atoms with van der Waals surface area (Å²) in [6.45, 7) is 5.28. The molecule has 0 saturated heterocycles. The van der Waals surface area contributed by atoms with Gasteiger partial charge >= 0.3 is 12.0 Å². The first-order valence-corrected chi connectivity index (χ1v) is 10.5. The maximum absolute atomic E-state index is 12.7. The van der Waals surface area contributed by atoms with Crippen LogP contribution in [-0.2, 0) is 20.7 Å². The van der Waals surface area contributed by atoms with Crippen LogP contribution in [0.3, 0.4) is 0 Å². The highest BCUT2D eigenvalue weighted by Gasteiger charge is 2.35. The minimum atomic E-state index is -0.629. The van der Waals surface area contributed by atoms with Gasteiger partial charge in [-0.15, -0.1) is 11.3 Å². The van der Waals surface area contributed by atoms with Crippen LogP contribution in [0.4, 0.5) is 10.5 Å². The molecule has 7 nitrogen and oxygen atoms in total. The molecule has 2 heterocycles. The first-order valence-electron chi connectivity index (χ1n) is 9.64. The number of ether oxygens (including phenoxy) is 1. The molecule has 1 aromatic heterocycles. The number of allylic oxidation sites excluding steroid dienone is 1. The maximum atomic E-state index is 12.7. The van der Waals surface area contributed by atoms with E-state index in [1.165, 1.54) is 16.2 Å². The predicted octanol–water partition coefficient (Wildman–Crippen LogP) is 3.85. The molecule has 30 heavy (non-hydrogen) atoms. The predicted molar refractivity (Wildman–Crippen MR) is 116 cm³/mol. The van der Waals surface area contributed by atoms with Crippen molar-refractivity contribution in [2.24, 2.45) is 0 Å². The molecule has 3 amide bonds. The van der Waals surface area contributed by atoms with E-state index >= 15 is 0 Å². The summed E-state index contributed by atoms with van der Waals surface area (Å²) in [5, 5.41) is 7.65. The molecule has 3 rings (SSSR count). The Morgan fingerprint density at radius 1 is 1.23 bits per heavy atom. The number of rotatable bonds is 6. The molecule has 0 fully saturated rings. The van der Waals surface area contributed by atoms with Crippen LogP contribution in [0.1, 0.15) is 37.3 Å². The summed E-state index contributed by atoms with van der Waals surface area (Å²) >= 11 is 1.54. The van der Waals surface area contributed by atoms with E-state index in [9.17, 15) is 14.4 Å². The van der Waals surface area contributed by atoms with Gasteiger partial charge in [-0.25, -0.2) is 9.59 Å². The molecule has 0 radical (unpaired) electrons. The Morgan fingerprint density at radius 2 is 1.93 bits per heavy atom. The lowest BCUT2D eigenvalue weighted by molar-refractivity contribution is -0.143. The minimum Gasteiger partial charge on any atom is -0.459 e. The Hall–Kier alpha value is -3.13. The molecule has 0 saturated carbocycles. The molecule has 1 atom stereocenters. The van der Waals surface area contributed by atoms with Crippen LogP contribution >= 0.6 is 11.3 Å². The monoisotopic (exact) mass is 427 g/mol. The second-order valence-electron chi connectivity index (χ2n) is 7.32. The Morgan fingerprint density at radius 3 is 2.53 bits per heavy atom. The van der Waals surface area contributed by atoms with Crippen molar-refractivity contribution in [2.45, 2.75) is 39.3 Å². The molecule has 1 unspecified atom stereocenters. The number of hydrogen-bond donors (Lipinski definition) is 2. The van der Waals surface area contributed by atoms with E-state index in [4.69, 9.17) is 4.74 Å². The lowest BCUT2D eigenvalue weighted by Gasteiger charge is -2.33. The molecular weight excluding hydrogens is 402 g/mol. The highest BCUT2D eigenvalue weighted by molar-refractivity contribution is 7.10. The lowest BCUT2D eigenvalue weighted by Crippen LogP contribution is -2.46. The quantitative estimate of drug-likeness (QED) is 0.686. The summed E-state index contributed by atoms with van der Waals surface area (Å²) in [6, 6.07) is 9.99. The van der Waals surface area contributed by atoms with Gasteiger partial charge in [0, 0.05) is 23.3 Å². The Kier molecular flexibility index (Phi) is 6.56. The summed E-state index contributed by atoms with van der Waals surface area (Å²) in [6.07, 6.45) is 0.0414. The van der Waals surface area contributed by atoms with E-state index in [-0.39, 0.29) is 18.0 Å². The number of thiophene rings is 1. The Labute approximate surface area is 179 Å². The number of urea groups is 1. The zero-order valence-corrected chi connectivity index (χ0v) is 18.2. The minimum absolute atomic E-state index is 0.102. The molecule has 1 aliphatic heterocycles.